The fraction of sp³-hybridized carbons (Fsp3) is 0.0833. The lowest BCUT2D eigenvalue weighted by molar-refractivity contribution is -0.113. The molecule has 4 aromatic rings. The van der Waals surface area contributed by atoms with Crippen molar-refractivity contribution >= 4 is 23.4 Å². The Morgan fingerprint density at radius 3 is 2.67 bits per heavy atom. The van der Waals surface area contributed by atoms with Gasteiger partial charge in [0.25, 0.3) is 0 Å². The van der Waals surface area contributed by atoms with Gasteiger partial charge in [-0.25, -0.2) is 0 Å². The molecule has 0 fully saturated rings. The molecule has 3 aromatic carbocycles. The van der Waals surface area contributed by atoms with Crippen LogP contribution in [0.5, 0.6) is 11.5 Å². The third-order valence-corrected chi connectivity index (χ3v) is 5.86. The Balaban J connectivity index is 1.42. The first-order chi connectivity index (χ1) is 16.2. The highest BCUT2D eigenvalue weighted by atomic mass is 32.2. The molecule has 5 rings (SSSR count). The van der Waals surface area contributed by atoms with E-state index in [1.54, 1.807) is 24.3 Å². The summed E-state index contributed by atoms with van der Waals surface area (Å²) in [5, 5.41) is 21.3. The van der Waals surface area contributed by atoms with E-state index in [9.17, 15) is 10.1 Å². The van der Waals surface area contributed by atoms with Crippen LogP contribution in [0.15, 0.2) is 78.0 Å². The second-order valence-corrected chi connectivity index (χ2v) is 7.98. The molecule has 0 aliphatic carbocycles. The number of benzene rings is 3. The molecule has 1 N–H and O–H groups in total. The van der Waals surface area contributed by atoms with E-state index in [4.69, 9.17) is 9.47 Å². The highest BCUT2D eigenvalue weighted by molar-refractivity contribution is 7.99. The minimum absolute atomic E-state index is 0.103. The van der Waals surface area contributed by atoms with Gasteiger partial charge < -0.3 is 14.8 Å². The van der Waals surface area contributed by atoms with E-state index in [0.717, 1.165) is 11.3 Å². The molecule has 0 spiro atoms. The monoisotopic (exact) mass is 455 g/mol. The molecule has 2 heterocycles. The summed E-state index contributed by atoms with van der Waals surface area (Å²) in [6.45, 7) is 0.190. The van der Waals surface area contributed by atoms with Crippen molar-refractivity contribution in [3.05, 3.63) is 78.4 Å². The zero-order valence-corrected chi connectivity index (χ0v) is 18.1. The van der Waals surface area contributed by atoms with Crippen molar-refractivity contribution in [1.29, 1.82) is 5.26 Å². The van der Waals surface area contributed by atoms with E-state index in [2.05, 4.69) is 21.6 Å². The van der Waals surface area contributed by atoms with Crippen molar-refractivity contribution in [2.24, 2.45) is 0 Å². The second-order valence-electron chi connectivity index (χ2n) is 7.04. The summed E-state index contributed by atoms with van der Waals surface area (Å²) in [5.74, 6) is 1.83. The number of thioether (sulfide) groups is 1. The fourth-order valence-electron chi connectivity index (χ4n) is 3.40. The Morgan fingerprint density at radius 2 is 1.82 bits per heavy atom. The van der Waals surface area contributed by atoms with Crippen LogP contribution < -0.4 is 14.8 Å². The van der Waals surface area contributed by atoms with Crippen molar-refractivity contribution in [3.8, 4) is 34.6 Å². The number of hydrogen-bond acceptors (Lipinski definition) is 7. The minimum Gasteiger partial charge on any atom is -0.454 e. The summed E-state index contributed by atoms with van der Waals surface area (Å²) in [6.07, 6.45) is 0. The van der Waals surface area contributed by atoms with E-state index in [1.807, 2.05) is 53.1 Å². The zero-order chi connectivity index (χ0) is 22.6. The lowest BCUT2D eigenvalue weighted by Gasteiger charge is -2.11. The topological polar surface area (TPSA) is 102 Å². The van der Waals surface area contributed by atoms with Crippen molar-refractivity contribution in [1.82, 2.24) is 14.8 Å². The van der Waals surface area contributed by atoms with E-state index in [1.165, 1.54) is 11.8 Å². The predicted molar refractivity (Wildman–Crippen MR) is 123 cm³/mol. The number of anilines is 1. The van der Waals surface area contributed by atoms with Gasteiger partial charge in [-0.2, -0.15) is 5.26 Å². The average Bonchev–Trinajstić information content (AvgIpc) is 3.50. The summed E-state index contributed by atoms with van der Waals surface area (Å²) in [7, 11) is 0. The molecule has 8 nitrogen and oxygen atoms in total. The van der Waals surface area contributed by atoms with Gasteiger partial charge in [0.1, 0.15) is 6.07 Å². The normalized spacial score (nSPS) is 11.7. The Bertz CT molecular complexity index is 1360. The van der Waals surface area contributed by atoms with Crippen molar-refractivity contribution in [2.75, 3.05) is 17.9 Å². The Kier molecular flexibility index (Phi) is 5.66. The quantitative estimate of drug-likeness (QED) is 0.433. The third-order valence-electron chi connectivity index (χ3n) is 4.93. The highest BCUT2D eigenvalue weighted by Crippen LogP contribution is 2.37. The van der Waals surface area contributed by atoms with Crippen LogP contribution in [0, 0.1) is 11.3 Å². The number of nitrogens with one attached hydrogen (secondary N) is 1. The zero-order valence-electron chi connectivity index (χ0n) is 17.3. The average molecular weight is 455 g/mol. The lowest BCUT2D eigenvalue weighted by Crippen LogP contribution is -2.15. The minimum atomic E-state index is -0.241. The molecular weight excluding hydrogens is 438 g/mol. The third kappa shape index (κ3) is 4.24. The van der Waals surface area contributed by atoms with Crippen LogP contribution in [0.2, 0.25) is 0 Å². The Labute approximate surface area is 193 Å². The SMILES string of the molecule is N#Cc1ccccc1NC(=O)CSc1nnc(-c2ccc3c(c2)OCO3)n1-c1ccccc1. The molecule has 162 valence electrons. The van der Waals surface area contributed by atoms with Gasteiger partial charge >= 0.3 is 0 Å². The van der Waals surface area contributed by atoms with E-state index >= 15 is 0 Å². The largest absolute Gasteiger partial charge is 0.454 e. The molecule has 0 saturated carbocycles. The highest BCUT2D eigenvalue weighted by Gasteiger charge is 2.20. The van der Waals surface area contributed by atoms with Gasteiger partial charge in [0.15, 0.2) is 22.5 Å². The molecule has 9 heteroatoms. The number of amides is 1. The van der Waals surface area contributed by atoms with Crippen molar-refractivity contribution in [2.45, 2.75) is 5.16 Å². The number of nitriles is 1. The van der Waals surface area contributed by atoms with Crippen LogP contribution in [-0.4, -0.2) is 33.2 Å². The number of nitrogens with zero attached hydrogens (tertiary/aromatic N) is 4. The van der Waals surface area contributed by atoms with Gasteiger partial charge in [-0.05, 0) is 42.5 Å². The molecule has 0 radical (unpaired) electrons. The van der Waals surface area contributed by atoms with Gasteiger partial charge in [-0.1, -0.05) is 42.1 Å². The van der Waals surface area contributed by atoms with Crippen LogP contribution in [0.4, 0.5) is 5.69 Å². The van der Waals surface area contributed by atoms with Gasteiger partial charge in [0.2, 0.25) is 12.7 Å². The maximum absolute atomic E-state index is 12.6. The smallest absolute Gasteiger partial charge is 0.234 e. The van der Waals surface area contributed by atoms with Gasteiger partial charge in [-0.3, -0.25) is 9.36 Å². The van der Waals surface area contributed by atoms with Crippen LogP contribution in [0.1, 0.15) is 5.56 Å². The van der Waals surface area contributed by atoms with Crippen molar-refractivity contribution < 1.29 is 14.3 Å². The summed E-state index contributed by atoms with van der Waals surface area (Å²) < 4.78 is 12.8. The molecule has 1 amide bonds. The Morgan fingerprint density at radius 1 is 1.03 bits per heavy atom. The van der Waals surface area contributed by atoms with E-state index < -0.39 is 0 Å². The summed E-state index contributed by atoms with van der Waals surface area (Å²) in [5.41, 5.74) is 2.58. The molecule has 1 aliphatic rings. The number of fused-ring (bicyclic) bond motifs is 1. The maximum atomic E-state index is 12.6. The number of para-hydroxylation sites is 2. The molecule has 0 atom stereocenters. The van der Waals surface area contributed by atoms with Crippen LogP contribution >= 0.6 is 11.8 Å². The first-order valence-electron chi connectivity index (χ1n) is 10.1. The van der Waals surface area contributed by atoms with Crippen molar-refractivity contribution in [3.63, 3.8) is 0 Å². The molecule has 0 unspecified atom stereocenters. The molecular formula is C24H17N5O3S. The molecule has 0 saturated heterocycles. The first-order valence-corrected chi connectivity index (χ1v) is 11.0. The Hall–Kier alpha value is -4.29. The first kappa shape index (κ1) is 20.6. The molecule has 33 heavy (non-hydrogen) atoms. The van der Waals surface area contributed by atoms with E-state index in [-0.39, 0.29) is 18.5 Å². The number of carbonyl (C=O) groups excluding carboxylic acids is 1. The van der Waals surface area contributed by atoms with Gasteiger partial charge in [-0.15, -0.1) is 10.2 Å². The lowest BCUT2D eigenvalue weighted by atomic mass is 10.2. The second kappa shape index (κ2) is 9.06. The van der Waals surface area contributed by atoms with Crippen LogP contribution in [0.3, 0.4) is 0 Å². The van der Waals surface area contributed by atoms with Crippen LogP contribution in [-0.2, 0) is 4.79 Å². The summed E-state index contributed by atoms with van der Waals surface area (Å²) >= 11 is 1.26. The summed E-state index contributed by atoms with van der Waals surface area (Å²) in [6, 6.07) is 24.3. The number of hydrogen-bond donors (Lipinski definition) is 1. The number of rotatable bonds is 6. The number of aromatic nitrogens is 3. The fourth-order valence-corrected chi connectivity index (χ4v) is 4.15. The molecule has 1 aliphatic heterocycles. The standard InChI is InChI=1S/C24H17N5O3S/c25-13-17-6-4-5-9-19(17)26-22(30)14-33-24-28-27-23(29(24)18-7-2-1-3-8-18)16-10-11-20-21(12-16)32-15-31-20/h1-12H,14-15H2,(H,26,30). The van der Waals surface area contributed by atoms with Crippen LogP contribution in [0.25, 0.3) is 17.1 Å². The predicted octanol–water partition coefficient (Wildman–Crippen LogP) is 4.27. The van der Waals surface area contributed by atoms with Gasteiger partial charge in [0.05, 0.1) is 17.0 Å². The molecule has 0 bridgehead atoms. The summed E-state index contributed by atoms with van der Waals surface area (Å²) in [4.78, 5) is 12.6. The van der Waals surface area contributed by atoms with Gasteiger partial charge in [0, 0.05) is 11.3 Å². The molecule has 1 aromatic heterocycles. The van der Waals surface area contributed by atoms with E-state index in [0.29, 0.717) is 33.7 Å². The number of carbonyl (C=O) groups is 1. The maximum Gasteiger partial charge on any atom is 0.234 e. The number of ether oxygens (including phenoxy) is 2.